The highest BCUT2D eigenvalue weighted by Gasteiger charge is 2.21. The largest absolute Gasteiger partial charge is 0.332 e. The van der Waals surface area contributed by atoms with E-state index >= 15 is 0 Å². The van der Waals surface area contributed by atoms with Gasteiger partial charge < -0.3 is 14.0 Å². The highest BCUT2D eigenvalue weighted by molar-refractivity contribution is 7.10. The molecular weight excluding hydrogens is 336 g/mol. The van der Waals surface area contributed by atoms with Gasteiger partial charge in [0.25, 0.3) is 0 Å². The van der Waals surface area contributed by atoms with Crippen LogP contribution in [-0.4, -0.2) is 41.7 Å². The van der Waals surface area contributed by atoms with Gasteiger partial charge in [0.2, 0.25) is 5.91 Å². The first kappa shape index (κ1) is 15.8. The SMILES string of the molecule is O=C(/C=C/c1cccs1)N1CCCn2c(nnc2Cn2ccnc2)C1. The summed E-state index contributed by atoms with van der Waals surface area (Å²) in [4.78, 5) is 19.5. The van der Waals surface area contributed by atoms with E-state index in [1.165, 1.54) is 0 Å². The molecule has 0 aliphatic carbocycles. The molecule has 8 heteroatoms. The zero-order valence-electron chi connectivity index (χ0n) is 13.7. The fourth-order valence-electron chi connectivity index (χ4n) is 2.91. The van der Waals surface area contributed by atoms with Gasteiger partial charge in [-0.2, -0.15) is 0 Å². The van der Waals surface area contributed by atoms with E-state index in [0.29, 0.717) is 13.1 Å². The molecule has 0 bridgehead atoms. The van der Waals surface area contributed by atoms with Crippen LogP contribution in [0.25, 0.3) is 6.08 Å². The minimum Gasteiger partial charge on any atom is -0.332 e. The molecule has 3 aromatic rings. The Morgan fingerprint density at radius 2 is 2.28 bits per heavy atom. The Kier molecular flexibility index (Phi) is 4.43. The molecule has 128 valence electrons. The number of nitrogens with zero attached hydrogens (tertiary/aromatic N) is 6. The van der Waals surface area contributed by atoms with Crippen molar-refractivity contribution in [2.45, 2.75) is 26.1 Å². The van der Waals surface area contributed by atoms with Crippen molar-refractivity contribution in [3.8, 4) is 0 Å². The Labute approximate surface area is 149 Å². The van der Waals surface area contributed by atoms with E-state index in [1.54, 1.807) is 29.9 Å². The standard InChI is InChI=1S/C17H18N6OS/c24-17(5-4-14-3-1-10-25-14)22-7-2-8-23-15(19-20-16(23)12-22)11-21-9-6-18-13-21/h1,3-6,9-10,13H,2,7-8,11-12H2/b5-4+. The number of hydrogen-bond acceptors (Lipinski definition) is 5. The van der Waals surface area contributed by atoms with Crippen LogP contribution in [-0.2, 0) is 24.4 Å². The van der Waals surface area contributed by atoms with Crippen LogP contribution in [0, 0.1) is 0 Å². The Balaban J connectivity index is 1.48. The number of amides is 1. The average Bonchev–Trinajstić information content (AvgIpc) is 3.35. The summed E-state index contributed by atoms with van der Waals surface area (Å²) in [5.41, 5.74) is 0. The second-order valence-corrected chi connectivity index (χ2v) is 6.86. The number of fused-ring (bicyclic) bond motifs is 1. The predicted molar refractivity (Wildman–Crippen MR) is 94.7 cm³/mol. The van der Waals surface area contributed by atoms with Gasteiger partial charge in [-0.25, -0.2) is 4.98 Å². The fraction of sp³-hybridized carbons (Fsp3) is 0.294. The summed E-state index contributed by atoms with van der Waals surface area (Å²) >= 11 is 1.62. The van der Waals surface area contributed by atoms with E-state index < -0.39 is 0 Å². The molecule has 1 aliphatic rings. The number of hydrogen-bond donors (Lipinski definition) is 0. The first-order valence-corrected chi connectivity index (χ1v) is 9.05. The van der Waals surface area contributed by atoms with Gasteiger partial charge in [0.05, 0.1) is 19.4 Å². The van der Waals surface area contributed by atoms with Crippen LogP contribution >= 0.6 is 11.3 Å². The average molecular weight is 354 g/mol. The summed E-state index contributed by atoms with van der Waals surface area (Å²) in [6.07, 6.45) is 9.82. The molecule has 4 heterocycles. The highest BCUT2D eigenvalue weighted by Crippen LogP contribution is 2.15. The molecular formula is C17H18N6OS. The van der Waals surface area contributed by atoms with Crippen LogP contribution in [0.3, 0.4) is 0 Å². The molecule has 0 N–H and O–H groups in total. The summed E-state index contributed by atoms with van der Waals surface area (Å²) in [6.45, 7) is 2.68. The lowest BCUT2D eigenvalue weighted by molar-refractivity contribution is -0.126. The summed E-state index contributed by atoms with van der Waals surface area (Å²) in [5.74, 6) is 1.75. The van der Waals surface area contributed by atoms with Crippen molar-refractivity contribution in [3.63, 3.8) is 0 Å². The molecule has 0 saturated heterocycles. The van der Waals surface area contributed by atoms with Crippen LogP contribution < -0.4 is 0 Å². The monoisotopic (exact) mass is 354 g/mol. The van der Waals surface area contributed by atoms with Crippen LogP contribution in [0.15, 0.2) is 42.3 Å². The minimum absolute atomic E-state index is 0.0148. The van der Waals surface area contributed by atoms with Crippen LogP contribution in [0.5, 0.6) is 0 Å². The number of carbonyl (C=O) groups excluding carboxylic acids is 1. The first-order valence-electron chi connectivity index (χ1n) is 8.17. The Hall–Kier alpha value is -2.74. The van der Waals surface area contributed by atoms with Gasteiger partial charge in [-0.1, -0.05) is 6.07 Å². The summed E-state index contributed by atoms with van der Waals surface area (Å²) in [6, 6.07) is 3.97. The smallest absolute Gasteiger partial charge is 0.247 e. The molecule has 0 radical (unpaired) electrons. The molecule has 0 fully saturated rings. The van der Waals surface area contributed by atoms with Gasteiger partial charge in [0.1, 0.15) is 0 Å². The van der Waals surface area contributed by atoms with Gasteiger partial charge >= 0.3 is 0 Å². The van der Waals surface area contributed by atoms with E-state index in [0.717, 1.165) is 36.0 Å². The molecule has 0 unspecified atom stereocenters. The van der Waals surface area contributed by atoms with Crippen LogP contribution in [0.1, 0.15) is 22.9 Å². The maximum atomic E-state index is 12.5. The van der Waals surface area contributed by atoms with Crippen molar-refractivity contribution < 1.29 is 4.79 Å². The van der Waals surface area contributed by atoms with Crippen molar-refractivity contribution in [2.75, 3.05) is 6.54 Å². The Bertz CT molecular complexity index is 865. The van der Waals surface area contributed by atoms with Crippen molar-refractivity contribution in [1.82, 2.24) is 29.2 Å². The lowest BCUT2D eigenvalue weighted by Gasteiger charge is -2.17. The summed E-state index contributed by atoms with van der Waals surface area (Å²) in [7, 11) is 0. The lowest BCUT2D eigenvalue weighted by Crippen LogP contribution is -2.29. The van der Waals surface area contributed by atoms with Gasteiger partial charge in [-0.15, -0.1) is 21.5 Å². The van der Waals surface area contributed by atoms with E-state index in [4.69, 9.17) is 0 Å². The molecule has 0 aromatic carbocycles. The number of imidazole rings is 1. The topological polar surface area (TPSA) is 68.8 Å². The van der Waals surface area contributed by atoms with Crippen LogP contribution in [0.2, 0.25) is 0 Å². The number of thiophene rings is 1. The molecule has 7 nitrogen and oxygen atoms in total. The van der Waals surface area contributed by atoms with Crippen molar-refractivity contribution >= 4 is 23.3 Å². The molecule has 0 saturated carbocycles. The third-order valence-electron chi connectivity index (χ3n) is 4.17. The van der Waals surface area contributed by atoms with Crippen molar-refractivity contribution in [3.05, 3.63) is 58.8 Å². The zero-order valence-corrected chi connectivity index (χ0v) is 14.5. The molecule has 4 rings (SSSR count). The highest BCUT2D eigenvalue weighted by atomic mass is 32.1. The molecule has 0 spiro atoms. The quantitative estimate of drug-likeness (QED) is 0.672. The molecule has 25 heavy (non-hydrogen) atoms. The third-order valence-corrected chi connectivity index (χ3v) is 5.01. The Morgan fingerprint density at radius 3 is 3.08 bits per heavy atom. The maximum Gasteiger partial charge on any atom is 0.247 e. The summed E-state index contributed by atoms with van der Waals surface area (Å²) in [5, 5.41) is 10.6. The maximum absolute atomic E-state index is 12.5. The summed E-state index contributed by atoms with van der Waals surface area (Å²) < 4.78 is 4.09. The predicted octanol–water partition coefficient (Wildman–Crippen LogP) is 2.03. The van der Waals surface area contributed by atoms with Gasteiger partial charge in [-0.05, 0) is 23.9 Å². The second kappa shape index (κ2) is 7.02. The Morgan fingerprint density at radius 1 is 1.32 bits per heavy atom. The molecule has 1 aliphatic heterocycles. The molecule has 3 aromatic heterocycles. The van der Waals surface area contributed by atoms with Gasteiger partial charge in [0, 0.05) is 36.4 Å². The minimum atomic E-state index is 0.0148. The van der Waals surface area contributed by atoms with Crippen molar-refractivity contribution in [1.29, 1.82) is 0 Å². The van der Waals surface area contributed by atoms with E-state index in [9.17, 15) is 4.79 Å². The molecule has 0 atom stereocenters. The number of carbonyl (C=O) groups is 1. The normalized spacial score (nSPS) is 14.6. The lowest BCUT2D eigenvalue weighted by atomic mass is 10.3. The number of rotatable bonds is 4. The van der Waals surface area contributed by atoms with E-state index in [1.807, 2.05) is 39.3 Å². The number of aromatic nitrogens is 5. The van der Waals surface area contributed by atoms with Gasteiger partial charge in [-0.3, -0.25) is 4.79 Å². The zero-order chi connectivity index (χ0) is 17.1. The van der Waals surface area contributed by atoms with E-state index in [2.05, 4.69) is 19.7 Å². The molecule has 1 amide bonds. The van der Waals surface area contributed by atoms with Crippen molar-refractivity contribution in [2.24, 2.45) is 0 Å². The fourth-order valence-corrected chi connectivity index (χ4v) is 3.53. The third kappa shape index (κ3) is 3.53. The first-order chi connectivity index (χ1) is 12.3. The van der Waals surface area contributed by atoms with E-state index in [-0.39, 0.29) is 5.91 Å². The van der Waals surface area contributed by atoms with Gasteiger partial charge in [0.15, 0.2) is 11.6 Å². The van der Waals surface area contributed by atoms with Crippen LogP contribution in [0.4, 0.5) is 0 Å². The second-order valence-electron chi connectivity index (χ2n) is 5.88.